The molecule has 0 bridgehead atoms. The molecule has 0 amide bonds. The SMILES string of the molecule is Cc1cc(Sc2ncnn2C)nc(Cl)n1. The Morgan fingerprint density at radius 1 is 1.40 bits per heavy atom. The molecule has 7 heteroatoms. The normalized spacial score (nSPS) is 10.6. The average Bonchev–Trinajstić information content (AvgIpc) is 2.50. The Morgan fingerprint density at radius 3 is 2.80 bits per heavy atom. The van der Waals surface area contributed by atoms with Crippen molar-refractivity contribution >= 4 is 23.4 Å². The number of rotatable bonds is 2. The molecule has 5 nitrogen and oxygen atoms in total. The summed E-state index contributed by atoms with van der Waals surface area (Å²) >= 11 is 7.15. The molecule has 0 aliphatic heterocycles. The van der Waals surface area contributed by atoms with Crippen LogP contribution in [0.25, 0.3) is 0 Å². The molecule has 0 N–H and O–H groups in total. The third-order valence-corrected chi connectivity index (χ3v) is 2.81. The van der Waals surface area contributed by atoms with E-state index in [0.29, 0.717) is 0 Å². The predicted octanol–water partition coefficient (Wildman–Crippen LogP) is 1.72. The minimum atomic E-state index is 0.250. The summed E-state index contributed by atoms with van der Waals surface area (Å²) in [6.45, 7) is 1.87. The van der Waals surface area contributed by atoms with Crippen LogP contribution >= 0.6 is 23.4 Å². The molecule has 0 radical (unpaired) electrons. The van der Waals surface area contributed by atoms with Crippen molar-refractivity contribution in [2.45, 2.75) is 17.1 Å². The summed E-state index contributed by atoms with van der Waals surface area (Å²) in [4.78, 5) is 12.2. The van der Waals surface area contributed by atoms with Gasteiger partial charge in [-0.1, -0.05) is 0 Å². The summed E-state index contributed by atoms with van der Waals surface area (Å²) in [5.74, 6) is 0. The van der Waals surface area contributed by atoms with Crippen LogP contribution in [0.2, 0.25) is 5.28 Å². The van der Waals surface area contributed by atoms with Gasteiger partial charge >= 0.3 is 0 Å². The largest absolute Gasteiger partial charge is 0.244 e. The maximum Gasteiger partial charge on any atom is 0.223 e. The van der Waals surface area contributed by atoms with Crippen LogP contribution in [0.1, 0.15) is 5.69 Å². The monoisotopic (exact) mass is 241 g/mol. The lowest BCUT2D eigenvalue weighted by atomic mass is 10.5. The zero-order valence-electron chi connectivity index (χ0n) is 8.18. The summed E-state index contributed by atoms with van der Waals surface area (Å²) in [6, 6.07) is 1.85. The number of nitrogens with zero attached hydrogens (tertiary/aromatic N) is 5. The van der Waals surface area contributed by atoms with Crippen molar-refractivity contribution < 1.29 is 0 Å². The van der Waals surface area contributed by atoms with Crippen LogP contribution in [0.15, 0.2) is 22.6 Å². The van der Waals surface area contributed by atoms with E-state index in [9.17, 15) is 0 Å². The molecule has 0 aliphatic rings. The molecule has 78 valence electrons. The zero-order chi connectivity index (χ0) is 10.8. The molecule has 0 atom stereocenters. The Kier molecular flexibility index (Phi) is 2.88. The summed E-state index contributed by atoms with van der Waals surface area (Å²) in [7, 11) is 1.82. The van der Waals surface area contributed by atoms with Crippen LogP contribution in [0, 0.1) is 6.92 Å². The lowest BCUT2D eigenvalue weighted by Crippen LogP contribution is -1.94. The Labute approximate surface area is 95.9 Å². The summed E-state index contributed by atoms with van der Waals surface area (Å²) in [5.41, 5.74) is 0.833. The molecule has 0 fully saturated rings. The minimum absolute atomic E-state index is 0.250. The Hall–Kier alpha value is -1.14. The van der Waals surface area contributed by atoms with Gasteiger partial charge in [-0.3, -0.25) is 0 Å². The average molecular weight is 242 g/mol. The topological polar surface area (TPSA) is 56.5 Å². The fourth-order valence-corrected chi connectivity index (χ4v) is 2.13. The lowest BCUT2D eigenvalue weighted by molar-refractivity contribution is 0.684. The molecule has 0 spiro atoms. The van der Waals surface area contributed by atoms with E-state index in [2.05, 4.69) is 20.1 Å². The van der Waals surface area contributed by atoms with Crippen molar-refractivity contribution in [1.82, 2.24) is 24.7 Å². The smallest absolute Gasteiger partial charge is 0.223 e. The first-order valence-electron chi connectivity index (χ1n) is 4.18. The molecule has 0 aromatic carbocycles. The van der Waals surface area contributed by atoms with E-state index in [4.69, 9.17) is 11.6 Å². The van der Waals surface area contributed by atoms with Crippen molar-refractivity contribution in [2.24, 2.45) is 7.05 Å². The quantitative estimate of drug-likeness (QED) is 0.592. The first kappa shape index (κ1) is 10.4. The van der Waals surface area contributed by atoms with Crippen LogP contribution in [0.3, 0.4) is 0 Å². The van der Waals surface area contributed by atoms with E-state index in [1.807, 2.05) is 20.0 Å². The number of aryl methyl sites for hydroxylation is 2. The van der Waals surface area contributed by atoms with Gasteiger partial charge in [0.2, 0.25) is 5.28 Å². The molecule has 0 aliphatic carbocycles. The van der Waals surface area contributed by atoms with Gasteiger partial charge in [0, 0.05) is 12.7 Å². The van der Waals surface area contributed by atoms with E-state index in [-0.39, 0.29) is 5.28 Å². The van der Waals surface area contributed by atoms with E-state index in [0.717, 1.165) is 15.9 Å². The highest BCUT2D eigenvalue weighted by atomic mass is 35.5. The Bertz CT molecular complexity index is 463. The molecular weight excluding hydrogens is 234 g/mol. The number of halogens is 1. The predicted molar refractivity (Wildman–Crippen MR) is 56.9 cm³/mol. The molecule has 2 rings (SSSR count). The molecule has 2 aromatic rings. The highest BCUT2D eigenvalue weighted by Crippen LogP contribution is 2.24. The number of aromatic nitrogens is 5. The van der Waals surface area contributed by atoms with Gasteiger partial charge in [-0.2, -0.15) is 5.10 Å². The van der Waals surface area contributed by atoms with Gasteiger partial charge in [0.05, 0.1) is 0 Å². The maximum absolute atomic E-state index is 5.75. The minimum Gasteiger partial charge on any atom is -0.244 e. The number of hydrogen-bond donors (Lipinski definition) is 0. The summed E-state index contributed by atoms with van der Waals surface area (Å²) < 4.78 is 1.68. The fraction of sp³-hybridized carbons (Fsp3) is 0.250. The van der Waals surface area contributed by atoms with Gasteiger partial charge in [-0.05, 0) is 36.4 Å². The van der Waals surface area contributed by atoms with E-state index < -0.39 is 0 Å². The van der Waals surface area contributed by atoms with Gasteiger partial charge < -0.3 is 0 Å². The molecule has 15 heavy (non-hydrogen) atoms. The lowest BCUT2D eigenvalue weighted by Gasteiger charge is -2.00. The van der Waals surface area contributed by atoms with Crippen LogP contribution in [0.5, 0.6) is 0 Å². The second-order valence-corrected chi connectivity index (χ2v) is 4.21. The third kappa shape index (κ3) is 2.45. The van der Waals surface area contributed by atoms with Crippen molar-refractivity contribution in [2.75, 3.05) is 0 Å². The van der Waals surface area contributed by atoms with Crippen LogP contribution in [-0.4, -0.2) is 24.7 Å². The van der Waals surface area contributed by atoms with Crippen LogP contribution < -0.4 is 0 Å². The van der Waals surface area contributed by atoms with E-state index in [1.54, 1.807) is 4.68 Å². The summed E-state index contributed by atoms with van der Waals surface area (Å²) in [6.07, 6.45) is 1.50. The molecule has 0 unspecified atom stereocenters. The molecule has 2 aromatic heterocycles. The standard InChI is InChI=1S/C8H8ClN5S/c1-5-3-6(13-7(9)12-5)15-8-10-4-11-14(8)2/h3-4H,1-2H3. The summed E-state index contributed by atoms with van der Waals surface area (Å²) in [5, 5.41) is 5.75. The van der Waals surface area contributed by atoms with Gasteiger partial charge in [0.1, 0.15) is 11.4 Å². The number of hydrogen-bond acceptors (Lipinski definition) is 5. The van der Waals surface area contributed by atoms with E-state index in [1.165, 1.54) is 18.1 Å². The van der Waals surface area contributed by atoms with Crippen LogP contribution in [0.4, 0.5) is 0 Å². The van der Waals surface area contributed by atoms with Gasteiger partial charge in [-0.15, -0.1) is 0 Å². The maximum atomic E-state index is 5.75. The second-order valence-electron chi connectivity index (χ2n) is 2.88. The Morgan fingerprint density at radius 2 is 2.20 bits per heavy atom. The highest BCUT2D eigenvalue weighted by molar-refractivity contribution is 7.99. The molecule has 0 saturated heterocycles. The van der Waals surface area contributed by atoms with Crippen molar-refractivity contribution in [3.8, 4) is 0 Å². The van der Waals surface area contributed by atoms with Crippen molar-refractivity contribution in [3.05, 3.63) is 23.4 Å². The Balaban J connectivity index is 2.28. The van der Waals surface area contributed by atoms with Gasteiger partial charge in [0.25, 0.3) is 0 Å². The molecule has 2 heterocycles. The first-order chi connectivity index (χ1) is 7.15. The van der Waals surface area contributed by atoms with Crippen LogP contribution in [-0.2, 0) is 7.05 Å². The fourth-order valence-electron chi connectivity index (χ4n) is 1.03. The van der Waals surface area contributed by atoms with Gasteiger partial charge in [0.15, 0.2) is 5.16 Å². The zero-order valence-corrected chi connectivity index (χ0v) is 9.75. The first-order valence-corrected chi connectivity index (χ1v) is 5.37. The molecular formula is C8H8ClN5S. The third-order valence-electron chi connectivity index (χ3n) is 1.67. The molecule has 0 saturated carbocycles. The van der Waals surface area contributed by atoms with Crippen molar-refractivity contribution in [1.29, 1.82) is 0 Å². The van der Waals surface area contributed by atoms with Gasteiger partial charge in [-0.25, -0.2) is 19.6 Å². The van der Waals surface area contributed by atoms with E-state index >= 15 is 0 Å². The highest BCUT2D eigenvalue weighted by Gasteiger charge is 2.06. The van der Waals surface area contributed by atoms with Crippen molar-refractivity contribution in [3.63, 3.8) is 0 Å². The second kappa shape index (κ2) is 4.16.